The Morgan fingerprint density at radius 1 is 1.05 bits per heavy atom. The maximum atomic E-state index is 14.2. The molecule has 1 atom stereocenters. The Balaban J connectivity index is 1.66. The van der Waals surface area contributed by atoms with E-state index in [1.807, 2.05) is 24.3 Å². The first-order chi connectivity index (χ1) is 21.1. The van der Waals surface area contributed by atoms with E-state index in [0.717, 1.165) is 10.0 Å². The number of halogens is 3. The molecule has 3 aromatic carbocycles. The quantitative estimate of drug-likeness (QED) is 0.179. The molecule has 5 rings (SSSR count). The Morgan fingerprint density at radius 2 is 1.75 bits per heavy atom. The Kier molecular flexibility index (Phi) is 9.99. The summed E-state index contributed by atoms with van der Waals surface area (Å²) in [6.45, 7) is 3.95. The van der Waals surface area contributed by atoms with Crippen LogP contribution in [0.15, 0.2) is 84.6 Å². The SMILES string of the molecule is CCOC(=O)C1=C(C)N=c2s/c(=C\c3cc(Cl)ccc3OCc3ccc(Br)cc3)c(=O)n2[C@@H]1c1cc(OC)c(OC)cc1Br. The highest BCUT2D eigenvalue weighted by Crippen LogP contribution is 2.40. The van der Waals surface area contributed by atoms with Gasteiger partial charge in [-0.15, -0.1) is 0 Å². The van der Waals surface area contributed by atoms with E-state index in [4.69, 9.17) is 30.5 Å². The number of ether oxygens (including phenoxy) is 4. The number of rotatable bonds is 9. The average Bonchev–Trinajstić information content (AvgIpc) is 3.30. The lowest BCUT2D eigenvalue weighted by atomic mass is 9.95. The van der Waals surface area contributed by atoms with Crippen LogP contribution in [0.3, 0.4) is 0 Å². The summed E-state index contributed by atoms with van der Waals surface area (Å²) in [6, 6.07) is 15.7. The molecule has 0 fully saturated rings. The predicted octanol–water partition coefficient (Wildman–Crippen LogP) is 6.57. The molecule has 8 nitrogen and oxygen atoms in total. The smallest absolute Gasteiger partial charge is 0.338 e. The second-order valence-electron chi connectivity index (χ2n) is 9.63. The number of thiazole rings is 1. The number of allylic oxidation sites excluding steroid dienone is 1. The van der Waals surface area contributed by atoms with Crippen molar-refractivity contribution in [3.8, 4) is 17.2 Å². The van der Waals surface area contributed by atoms with Crippen molar-refractivity contribution in [2.75, 3.05) is 20.8 Å². The van der Waals surface area contributed by atoms with Crippen molar-refractivity contribution in [1.29, 1.82) is 0 Å². The number of nitrogens with zero attached hydrogens (tertiary/aromatic N) is 2. The third-order valence-electron chi connectivity index (χ3n) is 6.88. The van der Waals surface area contributed by atoms with Crippen LogP contribution in [0.25, 0.3) is 6.08 Å². The largest absolute Gasteiger partial charge is 0.493 e. The van der Waals surface area contributed by atoms with Crippen LogP contribution in [0.2, 0.25) is 5.02 Å². The van der Waals surface area contributed by atoms with Gasteiger partial charge in [-0.2, -0.15) is 0 Å². The number of carbonyl (C=O) groups excluding carboxylic acids is 1. The minimum Gasteiger partial charge on any atom is -0.493 e. The van der Waals surface area contributed by atoms with Gasteiger partial charge in [-0.05, 0) is 73.5 Å². The van der Waals surface area contributed by atoms with Crippen molar-refractivity contribution in [1.82, 2.24) is 4.57 Å². The normalized spacial score (nSPS) is 14.6. The number of hydrogen-bond donors (Lipinski definition) is 0. The van der Waals surface area contributed by atoms with Crippen molar-refractivity contribution in [3.63, 3.8) is 0 Å². The van der Waals surface area contributed by atoms with E-state index in [9.17, 15) is 9.59 Å². The lowest BCUT2D eigenvalue weighted by Gasteiger charge is -2.26. The van der Waals surface area contributed by atoms with Gasteiger partial charge >= 0.3 is 5.97 Å². The van der Waals surface area contributed by atoms with Gasteiger partial charge in [0, 0.05) is 19.5 Å². The van der Waals surface area contributed by atoms with Crippen LogP contribution >= 0.6 is 54.8 Å². The van der Waals surface area contributed by atoms with Crippen LogP contribution in [-0.2, 0) is 16.1 Å². The molecule has 0 N–H and O–H groups in total. The highest BCUT2D eigenvalue weighted by Gasteiger charge is 2.35. The van der Waals surface area contributed by atoms with E-state index in [-0.39, 0.29) is 17.7 Å². The fourth-order valence-electron chi connectivity index (χ4n) is 4.81. The van der Waals surface area contributed by atoms with Crippen molar-refractivity contribution in [2.45, 2.75) is 26.5 Å². The van der Waals surface area contributed by atoms with Gasteiger partial charge in [0.15, 0.2) is 16.3 Å². The summed E-state index contributed by atoms with van der Waals surface area (Å²) < 4.78 is 26.1. The molecule has 0 radical (unpaired) electrons. The molecule has 44 heavy (non-hydrogen) atoms. The zero-order chi connectivity index (χ0) is 31.5. The van der Waals surface area contributed by atoms with E-state index in [0.29, 0.717) is 59.5 Å². The first-order valence-corrected chi connectivity index (χ1v) is 16.2. The lowest BCUT2D eigenvalue weighted by Crippen LogP contribution is -2.40. The summed E-state index contributed by atoms with van der Waals surface area (Å²) in [6.07, 6.45) is 1.73. The van der Waals surface area contributed by atoms with Crippen molar-refractivity contribution in [2.24, 2.45) is 4.99 Å². The zero-order valence-electron chi connectivity index (χ0n) is 24.2. The molecule has 0 aliphatic carbocycles. The maximum Gasteiger partial charge on any atom is 0.338 e. The zero-order valence-corrected chi connectivity index (χ0v) is 28.9. The van der Waals surface area contributed by atoms with Crippen LogP contribution in [0, 0.1) is 0 Å². The van der Waals surface area contributed by atoms with Crippen LogP contribution in [-0.4, -0.2) is 31.4 Å². The predicted molar refractivity (Wildman–Crippen MR) is 178 cm³/mol. The van der Waals surface area contributed by atoms with E-state index < -0.39 is 12.0 Å². The summed E-state index contributed by atoms with van der Waals surface area (Å²) in [5, 5.41) is 0.493. The molecule has 1 aliphatic rings. The number of aromatic nitrogens is 1. The molecule has 2 heterocycles. The summed E-state index contributed by atoms with van der Waals surface area (Å²) in [5.74, 6) is 0.932. The highest BCUT2D eigenvalue weighted by molar-refractivity contribution is 9.10. The van der Waals surface area contributed by atoms with Crippen molar-refractivity contribution >= 4 is 66.8 Å². The van der Waals surface area contributed by atoms with Crippen LogP contribution in [0.1, 0.15) is 36.6 Å². The van der Waals surface area contributed by atoms with Gasteiger partial charge in [0.2, 0.25) is 0 Å². The van der Waals surface area contributed by atoms with Gasteiger partial charge < -0.3 is 18.9 Å². The van der Waals surface area contributed by atoms with Gasteiger partial charge in [0.05, 0.1) is 42.7 Å². The third-order valence-corrected chi connectivity index (χ3v) is 9.31. The molecule has 0 unspecified atom stereocenters. The molecule has 228 valence electrons. The molecular formula is C32H27Br2ClN2O6S. The van der Waals surface area contributed by atoms with Crippen molar-refractivity contribution < 1.29 is 23.7 Å². The molecule has 1 aromatic heterocycles. The Bertz CT molecular complexity index is 1950. The Labute approximate surface area is 279 Å². The number of fused-ring (bicyclic) bond motifs is 1. The number of esters is 1. The second kappa shape index (κ2) is 13.7. The molecule has 0 saturated heterocycles. The van der Waals surface area contributed by atoms with E-state index in [1.54, 1.807) is 50.3 Å². The van der Waals surface area contributed by atoms with E-state index >= 15 is 0 Å². The molecule has 0 saturated carbocycles. The molecular weight excluding hydrogens is 736 g/mol. The number of hydrogen-bond acceptors (Lipinski definition) is 8. The minimum absolute atomic E-state index is 0.164. The first-order valence-electron chi connectivity index (χ1n) is 13.4. The third kappa shape index (κ3) is 6.51. The molecule has 4 aromatic rings. The van der Waals surface area contributed by atoms with Crippen LogP contribution in [0.5, 0.6) is 17.2 Å². The van der Waals surface area contributed by atoms with Gasteiger partial charge in [-0.1, -0.05) is 66.9 Å². The van der Waals surface area contributed by atoms with Gasteiger partial charge in [-0.25, -0.2) is 9.79 Å². The molecule has 12 heteroatoms. The first kappa shape index (κ1) is 32.0. The number of methoxy groups -OCH3 is 2. The molecule has 0 bridgehead atoms. The molecule has 0 amide bonds. The van der Waals surface area contributed by atoms with Gasteiger partial charge in [0.25, 0.3) is 5.56 Å². The summed E-state index contributed by atoms with van der Waals surface area (Å²) in [5.41, 5.74) is 2.58. The fraction of sp³-hybridized carbons (Fsp3) is 0.219. The van der Waals surface area contributed by atoms with Crippen LogP contribution < -0.4 is 29.1 Å². The second-order valence-corrected chi connectivity index (χ2v) is 12.8. The van der Waals surface area contributed by atoms with E-state index in [1.165, 1.54) is 30.1 Å². The monoisotopic (exact) mass is 760 g/mol. The summed E-state index contributed by atoms with van der Waals surface area (Å²) in [4.78, 5) is 32.6. The average molecular weight is 763 g/mol. The lowest BCUT2D eigenvalue weighted by molar-refractivity contribution is -0.139. The van der Waals surface area contributed by atoms with Crippen molar-refractivity contribution in [3.05, 3.63) is 116 Å². The Morgan fingerprint density at radius 3 is 2.43 bits per heavy atom. The van der Waals surface area contributed by atoms with Gasteiger partial charge in [-0.3, -0.25) is 9.36 Å². The minimum atomic E-state index is -0.853. The Hall–Kier alpha value is -3.38. The summed E-state index contributed by atoms with van der Waals surface area (Å²) >= 11 is 14.6. The maximum absolute atomic E-state index is 14.2. The summed E-state index contributed by atoms with van der Waals surface area (Å²) in [7, 11) is 3.06. The van der Waals surface area contributed by atoms with Gasteiger partial charge in [0.1, 0.15) is 12.4 Å². The van der Waals surface area contributed by atoms with E-state index in [2.05, 4.69) is 36.9 Å². The standard InChI is InChI=1S/C32H27Br2ClN2O6S/c1-5-42-31(39)28-17(2)36-32-37(29(28)22-14-25(40-3)26(41-4)15-23(22)34)30(38)27(44-32)13-19-12-21(35)10-11-24(19)43-16-18-6-8-20(33)9-7-18/h6-15,29H,5,16H2,1-4H3/b27-13-/t29-/m1/s1. The number of carbonyl (C=O) groups is 1. The molecule has 0 spiro atoms. The topological polar surface area (TPSA) is 88.4 Å². The molecule has 1 aliphatic heterocycles. The fourth-order valence-corrected chi connectivity index (χ4v) is 6.83. The number of benzene rings is 3. The highest BCUT2D eigenvalue weighted by atomic mass is 79.9. The van der Waals surface area contributed by atoms with Crippen LogP contribution in [0.4, 0.5) is 0 Å².